The number of rotatable bonds is 3. The van der Waals surface area contributed by atoms with Gasteiger partial charge in [-0.25, -0.2) is 4.21 Å². The van der Waals surface area contributed by atoms with Crippen molar-refractivity contribution < 1.29 is 4.21 Å². The fourth-order valence-electron chi connectivity index (χ4n) is 6.65. The Hall–Kier alpha value is -5.39. The highest BCUT2D eigenvalue weighted by molar-refractivity contribution is 8.02. The molecule has 1 unspecified atom stereocenters. The van der Waals surface area contributed by atoms with Gasteiger partial charge >= 0.3 is 0 Å². The average molecular weight is 572 g/mol. The Morgan fingerprint density at radius 1 is 0.512 bits per heavy atom. The molecular weight excluding hydrogens is 547 g/mol. The van der Waals surface area contributed by atoms with Gasteiger partial charge in [0.2, 0.25) is 0 Å². The molecule has 0 radical (unpaired) electrons. The fraction of sp³-hybridized carbons (Fsp3) is 0. The highest BCUT2D eigenvalue weighted by Gasteiger charge is 2.29. The number of benzene rings is 6. The molecule has 0 saturated heterocycles. The summed E-state index contributed by atoms with van der Waals surface area (Å²) in [6.45, 7) is 0. The maximum Gasteiger partial charge on any atom is 0.126 e. The second kappa shape index (κ2) is 9.05. The van der Waals surface area contributed by atoms with Gasteiger partial charge in [-0.15, -0.1) is 0 Å². The van der Waals surface area contributed by atoms with Gasteiger partial charge < -0.3 is 4.57 Å². The minimum atomic E-state index is -3.05. The molecule has 0 spiro atoms. The third-order valence-electron chi connectivity index (χ3n) is 8.49. The van der Waals surface area contributed by atoms with Crippen LogP contribution in [0.3, 0.4) is 0 Å². The van der Waals surface area contributed by atoms with Gasteiger partial charge in [-0.3, -0.25) is 4.57 Å². The van der Waals surface area contributed by atoms with Crippen LogP contribution in [-0.4, -0.2) is 13.3 Å². The normalized spacial score (nSPS) is 16.4. The van der Waals surface area contributed by atoms with E-state index in [1.54, 1.807) is 0 Å². The van der Waals surface area contributed by atoms with Crippen molar-refractivity contribution in [1.82, 2.24) is 9.13 Å². The molecule has 9 rings (SSSR count). The van der Waals surface area contributed by atoms with Gasteiger partial charge in [-0.1, -0.05) is 97.1 Å². The molecule has 0 fully saturated rings. The van der Waals surface area contributed by atoms with Crippen LogP contribution in [0.25, 0.3) is 60.4 Å². The van der Waals surface area contributed by atoms with E-state index in [-0.39, 0.29) is 0 Å². The molecule has 0 bridgehead atoms. The molecule has 4 nitrogen and oxygen atoms in total. The topological polar surface area (TPSA) is 39.3 Å². The van der Waals surface area contributed by atoms with E-state index in [0.29, 0.717) is 9.92 Å². The molecule has 0 saturated carbocycles. The van der Waals surface area contributed by atoms with E-state index >= 15 is 4.21 Å². The maximum absolute atomic E-state index is 15.5. The monoisotopic (exact) mass is 571 g/mol. The lowest BCUT2D eigenvalue weighted by Gasteiger charge is -2.22. The second-order valence-electron chi connectivity index (χ2n) is 10.9. The molecule has 8 aromatic rings. The Morgan fingerprint density at radius 2 is 1.14 bits per heavy atom. The fourth-order valence-corrected chi connectivity index (χ4v) is 8.78. The number of hydrogen-bond donors (Lipinski definition) is 0. The van der Waals surface area contributed by atoms with Crippen molar-refractivity contribution in [3.63, 3.8) is 0 Å². The molecule has 2 aromatic heterocycles. The molecule has 1 aliphatic rings. The summed E-state index contributed by atoms with van der Waals surface area (Å²) in [6, 6.07) is 49.6. The molecule has 204 valence electrons. The van der Waals surface area contributed by atoms with Gasteiger partial charge in [-0.2, -0.15) is 4.36 Å². The lowest BCUT2D eigenvalue weighted by molar-refractivity contribution is 0.682. The smallest absolute Gasteiger partial charge is 0.126 e. The summed E-state index contributed by atoms with van der Waals surface area (Å²) < 4.78 is 25.0. The number of fused-ring (bicyclic) bond motifs is 8. The molecule has 0 aliphatic carbocycles. The van der Waals surface area contributed by atoms with Crippen LogP contribution >= 0.6 is 0 Å². The number of aromatic nitrogens is 2. The van der Waals surface area contributed by atoms with Crippen molar-refractivity contribution in [1.29, 1.82) is 0 Å². The van der Waals surface area contributed by atoms with E-state index in [2.05, 4.69) is 100 Å². The predicted molar refractivity (Wildman–Crippen MR) is 179 cm³/mol. The van der Waals surface area contributed by atoms with E-state index in [4.69, 9.17) is 4.36 Å². The summed E-state index contributed by atoms with van der Waals surface area (Å²) in [6.07, 6.45) is 2.08. The van der Waals surface area contributed by atoms with Crippen molar-refractivity contribution >= 4 is 70.1 Å². The Bertz CT molecular complexity index is 2550. The average Bonchev–Trinajstić information content (AvgIpc) is 3.58. The minimum absolute atomic E-state index is 0.674. The number of nitrogens with zero attached hydrogens (tertiary/aromatic N) is 3. The van der Waals surface area contributed by atoms with Crippen LogP contribution in [-0.2, 0) is 9.73 Å². The zero-order chi connectivity index (χ0) is 28.5. The summed E-state index contributed by atoms with van der Waals surface area (Å²) in [5, 5.41) is 5.19. The number of hydrogen-bond acceptors (Lipinski definition) is 2. The van der Waals surface area contributed by atoms with Crippen molar-refractivity contribution in [2.24, 2.45) is 4.36 Å². The van der Waals surface area contributed by atoms with Gasteiger partial charge in [0.25, 0.3) is 0 Å². The third-order valence-corrected chi connectivity index (χ3v) is 10.7. The molecule has 43 heavy (non-hydrogen) atoms. The first-order chi connectivity index (χ1) is 21.2. The zero-order valence-electron chi connectivity index (χ0n) is 23.1. The van der Waals surface area contributed by atoms with Crippen LogP contribution in [0.15, 0.2) is 155 Å². The first-order valence-corrected chi connectivity index (χ1v) is 15.9. The largest absolute Gasteiger partial charge is 0.309 e. The molecule has 5 heteroatoms. The first-order valence-electron chi connectivity index (χ1n) is 14.4. The third kappa shape index (κ3) is 3.40. The Labute approximate surface area is 248 Å². The summed E-state index contributed by atoms with van der Waals surface area (Å²) in [4.78, 5) is 0.695. The molecular formula is C38H25N3OS. The van der Waals surface area contributed by atoms with Crippen LogP contribution in [0.2, 0.25) is 0 Å². The lowest BCUT2D eigenvalue weighted by atomic mass is 10.1. The molecule has 1 atom stereocenters. The first kappa shape index (κ1) is 24.2. The van der Waals surface area contributed by atoms with E-state index in [0.717, 1.165) is 60.5 Å². The molecule has 0 N–H and O–H groups in total. The van der Waals surface area contributed by atoms with Crippen molar-refractivity contribution in [3.05, 3.63) is 151 Å². The van der Waals surface area contributed by atoms with Crippen LogP contribution < -0.4 is 0 Å². The Morgan fingerprint density at radius 3 is 1.93 bits per heavy atom. The van der Waals surface area contributed by atoms with Crippen LogP contribution in [0.5, 0.6) is 0 Å². The summed E-state index contributed by atoms with van der Waals surface area (Å²) in [7, 11) is -3.05. The van der Waals surface area contributed by atoms with Crippen molar-refractivity contribution in [2.75, 3.05) is 0 Å². The summed E-state index contributed by atoms with van der Waals surface area (Å²) >= 11 is 0. The zero-order valence-corrected chi connectivity index (χ0v) is 23.9. The van der Waals surface area contributed by atoms with Gasteiger partial charge in [0.1, 0.15) is 14.8 Å². The van der Waals surface area contributed by atoms with E-state index in [1.165, 1.54) is 0 Å². The molecule has 3 heterocycles. The van der Waals surface area contributed by atoms with Gasteiger partial charge in [-0.05, 0) is 54.6 Å². The summed E-state index contributed by atoms with van der Waals surface area (Å²) in [5.74, 6) is 0. The lowest BCUT2D eigenvalue weighted by Crippen LogP contribution is -2.12. The van der Waals surface area contributed by atoms with Gasteiger partial charge in [0.05, 0.1) is 32.6 Å². The summed E-state index contributed by atoms with van der Waals surface area (Å²) in [5.41, 5.74) is 7.07. The quantitative estimate of drug-likeness (QED) is 0.208. The van der Waals surface area contributed by atoms with Crippen molar-refractivity contribution in [2.45, 2.75) is 4.90 Å². The maximum atomic E-state index is 15.5. The van der Waals surface area contributed by atoms with E-state index < -0.39 is 9.73 Å². The standard InChI is InChI=1S/C38H25N3OS/c42-43(28-16-5-2-6-17-28)36(25-26-13-7-10-20-32(26)39-43)41-33-21-11-8-18-29(33)30-23-24-35-37(38(30)41)31-19-9-12-22-34(31)40(35)27-14-3-1-4-15-27/h1-25H. The molecule has 0 amide bonds. The molecule has 1 aliphatic heterocycles. The highest BCUT2D eigenvalue weighted by atomic mass is 32.2. The van der Waals surface area contributed by atoms with E-state index in [1.807, 2.05) is 60.7 Å². The molecule has 6 aromatic carbocycles. The van der Waals surface area contributed by atoms with Crippen LogP contribution in [0.1, 0.15) is 5.56 Å². The highest BCUT2D eigenvalue weighted by Crippen LogP contribution is 2.46. The van der Waals surface area contributed by atoms with Gasteiger partial charge in [0.15, 0.2) is 0 Å². The Balaban J connectivity index is 1.51. The second-order valence-corrected chi connectivity index (χ2v) is 13.0. The van der Waals surface area contributed by atoms with Crippen LogP contribution in [0.4, 0.5) is 5.69 Å². The van der Waals surface area contributed by atoms with Crippen molar-refractivity contribution in [3.8, 4) is 5.69 Å². The Kier molecular flexibility index (Phi) is 5.10. The van der Waals surface area contributed by atoms with Crippen LogP contribution in [0, 0.1) is 0 Å². The predicted octanol–water partition coefficient (Wildman–Crippen LogP) is 10.0. The number of para-hydroxylation sites is 3. The SMILES string of the molecule is O=S1(c2ccccc2)=Nc2ccccc2C=C1n1c2ccccc2c2ccc3c(c4ccccc4n3-c3ccccc3)c21. The minimum Gasteiger partial charge on any atom is -0.309 e. The van der Waals surface area contributed by atoms with Gasteiger partial charge in [0, 0.05) is 32.8 Å². The van der Waals surface area contributed by atoms with E-state index in [9.17, 15) is 0 Å².